The van der Waals surface area contributed by atoms with Crippen LogP contribution in [-0.4, -0.2) is 25.8 Å². The molecular formula is C19H25FIN3O2S. The number of ether oxygens (including phenoxy) is 2. The number of aliphatic imine (C=N–C) groups is 1. The molecule has 148 valence electrons. The van der Waals surface area contributed by atoms with E-state index in [1.54, 1.807) is 7.05 Å². The fraction of sp³-hybridized carbons (Fsp3) is 0.421. The zero-order valence-corrected chi connectivity index (χ0v) is 18.8. The van der Waals surface area contributed by atoms with E-state index in [4.69, 9.17) is 9.47 Å². The number of hydrogen-bond acceptors (Lipinski definition) is 4. The van der Waals surface area contributed by atoms with Crippen molar-refractivity contribution in [2.24, 2.45) is 4.99 Å². The summed E-state index contributed by atoms with van der Waals surface area (Å²) in [4.78, 5) is 6.92. The van der Waals surface area contributed by atoms with E-state index in [2.05, 4.69) is 41.6 Å². The molecule has 0 fully saturated rings. The zero-order chi connectivity index (χ0) is 18.5. The average Bonchev–Trinajstić information content (AvgIpc) is 3.02. The van der Waals surface area contributed by atoms with Crippen LogP contribution < -0.4 is 15.4 Å². The molecule has 0 spiro atoms. The van der Waals surface area contributed by atoms with Crippen LogP contribution in [0.3, 0.4) is 0 Å². The molecule has 1 unspecified atom stereocenters. The normalized spacial score (nSPS) is 14.6. The zero-order valence-electron chi connectivity index (χ0n) is 15.7. The second-order valence-corrected chi connectivity index (χ2v) is 7.72. The first-order valence-electron chi connectivity index (χ1n) is 8.59. The number of guanidine groups is 1. The standard InChI is InChI=1S/C19H24FN3O2S.HI/c1-12(6-17-5-4-13(2)26-17)23-19(21-3)22-9-14-7-16(20)8-15-10-24-11-25-18(14)15;/h4-5,7-8,12H,6,9-11H2,1-3H3,(H2,21,22,23);1H. The van der Waals surface area contributed by atoms with Crippen molar-refractivity contribution in [1.82, 2.24) is 10.6 Å². The van der Waals surface area contributed by atoms with Crippen molar-refractivity contribution in [3.8, 4) is 5.75 Å². The predicted molar refractivity (Wildman–Crippen MR) is 118 cm³/mol. The summed E-state index contributed by atoms with van der Waals surface area (Å²) in [5.41, 5.74) is 1.49. The minimum absolute atomic E-state index is 0. The Bertz CT molecular complexity index is 797. The summed E-state index contributed by atoms with van der Waals surface area (Å²) >= 11 is 1.81. The van der Waals surface area contributed by atoms with Crippen molar-refractivity contribution in [3.63, 3.8) is 0 Å². The minimum Gasteiger partial charge on any atom is -0.467 e. The lowest BCUT2D eigenvalue weighted by Crippen LogP contribution is -2.42. The molecule has 1 aromatic heterocycles. The maximum Gasteiger partial charge on any atom is 0.191 e. The first kappa shape index (κ1) is 21.9. The van der Waals surface area contributed by atoms with Gasteiger partial charge in [-0.3, -0.25) is 4.99 Å². The second-order valence-electron chi connectivity index (χ2n) is 6.35. The molecule has 1 aromatic carbocycles. The van der Waals surface area contributed by atoms with Gasteiger partial charge in [0.2, 0.25) is 0 Å². The summed E-state index contributed by atoms with van der Waals surface area (Å²) in [6.07, 6.45) is 0.926. The third kappa shape index (κ3) is 6.05. The van der Waals surface area contributed by atoms with Gasteiger partial charge >= 0.3 is 0 Å². The molecule has 2 aromatic rings. The Morgan fingerprint density at radius 2 is 2.19 bits per heavy atom. The molecule has 2 heterocycles. The fourth-order valence-corrected chi connectivity index (χ4v) is 3.96. The van der Waals surface area contributed by atoms with Crippen molar-refractivity contribution in [3.05, 3.63) is 51.0 Å². The molecule has 1 atom stereocenters. The third-order valence-electron chi connectivity index (χ3n) is 4.11. The Morgan fingerprint density at radius 1 is 1.37 bits per heavy atom. The molecule has 8 heteroatoms. The maximum absolute atomic E-state index is 13.8. The SMILES string of the molecule is CN=C(NCc1cc(F)cc2c1OCOC2)NC(C)Cc1ccc(C)s1.I. The number of fused-ring (bicyclic) bond motifs is 1. The van der Waals surface area contributed by atoms with Crippen LogP contribution >= 0.6 is 35.3 Å². The summed E-state index contributed by atoms with van der Waals surface area (Å²) in [6, 6.07) is 7.47. The molecule has 0 radical (unpaired) electrons. The third-order valence-corrected chi connectivity index (χ3v) is 5.13. The number of nitrogens with one attached hydrogen (secondary N) is 2. The number of rotatable bonds is 5. The highest BCUT2D eigenvalue weighted by atomic mass is 127. The minimum atomic E-state index is -0.293. The molecule has 27 heavy (non-hydrogen) atoms. The number of hydrogen-bond donors (Lipinski definition) is 2. The summed E-state index contributed by atoms with van der Waals surface area (Å²) < 4.78 is 24.6. The van der Waals surface area contributed by atoms with Gasteiger partial charge in [-0.1, -0.05) is 0 Å². The lowest BCUT2D eigenvalue weighted by Gasteiger charge is -2.22. The number of benzene rings is 1. The van der Waals surface area contributed by atoms with E-state index in [1.807, 2.05) is 11.3 Å². The molecule has 0 bridgehead atoms. The summed E-state index contributed by atoms with van der Waals surface area (Å²) in [6.45, 7) is 5.21. The monoisotopic (exact) mass is 505 g/mol. The Labute approximate surface area is 180 Å². The quantitative estimate of drug-likeness (QED) is 0.367. The molecule has 0 amide bonds. The van der Waals surface area contributed by atoms with Gasteiger partial charge in [0.1, 0.15) is 11.6 Å². The van der Waals surface area contributed by atoms with Crippen LogP contribution in [0.4, 0.5) is 4.39 Å². The van der Waals surface area contributed by atoms with E-state index >= 15 is 0 Å². The van der Waals surface area contributed by atoms with Gasteiger partial charge in [0.15, 0.2) is 12.8 Å². The second kappa shape index (κ2) is 10.2. The first-order chi connectivity index (χ1) is 12.5. The molecule has 2 N–H and O–H groups in total. The van der Waals surface area contributed by atoms with Gasteiger partial charge in [-0.05, 0) is 38.1 Å². The Morgan fingerprint density at radius 3 is 2.89 bits per heavy atom. The van der Waals surface area contributed by atoms with Gasteiger partial charge in [-0.15, -0.1) is 35.3 Å². The highest BCUT2D eigenvalue weighted by Gasteiger charge is 2.17. The van der Waals surface area contributed by atoms with Gasteiger partial charge in [0.05, 0.1) is 6.61 Å². The van der Waals surface area contributed by atoms with Gasteiger partial charge in [-0.25, -0.2) is 4.39 Å². The molecule has 0 saturated carbocycles. The van der Waals surface area contributed by atoms with Gasteiger partial charge in [0.25, 0.3) is 0 Å². The highest BCUT2D eigenvalue weighted by Crippen LogP contribution is 2.29. The van der Waals surface area contributed by atoms with Crippen LogP contribution in [-0.2, 0) is 24.3 Å². The molecule has 1 aliphatic heterocycles. The lowest BCUT2D eigenvalue weighted by molar-refractivity contribution is -0.0172. The van der Waals surface area contributed by atoms with Gasteiger partial charge in [0, 0.05) is 46.9 Å². The predicted octanol–water partition coefficient (Wildman–Crippen LogP) is 3.98. The van der Waals surface area contributed by atoms with Crippen molar-refractivity contribution in [2.45, 2.75) is 39.5 Å². The first-order valence-corrected chi connectivity index (χ1v) is 9.41. The summed E-state index contributed by atoms with van der Waals surface area (Å²) in [7, 11) is 1.72. The Balaban J connectivity index is 0.00000261. The van der Waals surface area contributed by atoms with Crippen LogP contribution in [0.1, 0.15) is 27.8 Å². The van der Waals surface area contributed by atoms with E-state index in [0.29, 0.717) is 24.9 Å². The largest absolute Gasteiger partial charge is 0.467 e. The molecule has 0 saturated heterocycles. The van der Waals surface area contributed by atoms with E-state index in [-0.39, 0.29) is 42.6 Å². The topological polar surface area (TPSA) is 54.9 Å². The smallest absolute Gasteiger partial charge is 0.191 e. The number of halogens is 2. The van der Waals surface area contributed by atoms with Crippen LogP contribution in [0.2, 0.25) is 0 Å². The average molecular weight is 505 g/mol. The molecular weight excluding hydrogens is 480 g/mol. The van der Waals surface area contributed by atoms with Crippen LogP contribution in [0.15, 0.2) is 29.3 Å². The Hall–Kier alpha value is -1.39. The van der Waals surface area contributed by atoms with Gasteiger partial charge in [-0.2, -0.15) is 0 Å². The van der Waals surface area contributed by atoms with Crippen molar-refractivity contribution in [1.29, 1.82) is 0 Å². The highest BCUT2D eigenvalue weighted by molar-refractivity contribution is 14.0. The van der Waals surface area contributed by atoms with E-state index < -0.39 is 0 Å². The van der Waals surface area contributed by atoms with Crippen molar-refractivity contribution >= 4 is 41.3 Å². The van der Waals surface area contributed by atoms with Gasteiger partial charge < -0.3 is 20.1 Å². The van der Waals surface area contributed by atoms with E-state index in [1.165, 1.54) is 21.9 Å². The number of nitrogens with zero attached hydrogens (tertiary/aromatic N) is 1. The molecule has 3 rings (SSSR count). The number of thiophene rings is 1. The van der Waals surface area contributed by atoms with E-state index in [0.717, 1.165) is 17.5 Å². The number of aryl methyl sites for hydroxylation is 1. The van der Waals surface area contributed by atoms with Crippen molar-refractivity contribution < 1.29 is 13.9 Å². The fourth-order valence-electron chi connectivity index (χ4n) is 2.94. The van der Waals surface area contributed by atoms with E-state index in [9.17, 15) is 4.39 Å². The lowest BCUT2D eigenvalue weighted by atomic mass is 10.1. The Kier molecular flexibility index (Phi) is 8.30. The van der Waals surface area contributed by atoms with Crippen LogP contribution in [0.5, 0.6) is 5.75 Å². The summed E-state index contributed by atoms with van der Waals surface area (Å²) in [5, 5.41) is 6.62. The maximum atomic E-state index is 13.8. The van der Waals surface area contributed by atoms with Crippen LogP contribution in [0.25, 0.3) is 0 Å². The summed E-state index contributed by atoms with van der Waals surface area (Å²) in [5.74, 6) is 1.08. The van der Waals surface area contributed by atoms with Crippen LogP contribution in [0, 0.1) is 12.7 Å². The molecule has 5 nitrogen and oxygen atoms in total. The molecule has 1 aliphatic rings. The molecule has 0 aliphatic carbocycles. The van der Waals surface area contributed by atoms with Crippen molar-refractivity contribution in [2.75, 3.05) is 13.8 Å².